The Morgan fingerprint density at radius 2 is 2.00 bits per heavy atom. The predicted molar refractivity (Wildman–Crippen MR) is 78.5 cm³/mol. The van der Waals surface area contributed by atoms with E-state index < -0.39 is 5.97 Å². The molecule has 1 atom stereocenters. The summed E-state index contributed by atoms with van der Waals surface area (Å²) in [6.07, 6.45) is 6.47. The Morgan fingerprint density at radius 1 is 1.25 bits per heavy atom. The van der Waals surface area contributed by atoms with Crippen LogP contribution >= 0.6 is 0 Å². The first-order valence-electron chi connectivity index (χ1n) is 7.81. The fourth-order valence-corrected chi connectivity index (χ4v) is 2.36. The van der Waals surface area contributed by atoms with Crippen molar-refractivity contribution in [1.82, 2.24) is 10.6 Å². The number of rotatable bonds is 12. The second-order valence-corrected chi connectivity index (χ2v) is 5.80. The lowest BCUT2D eigenvalue weighted by Gasteiger charge is -2.15. The van der Waals surface area contributed by atoms with Gasteiger partial charge in [-0.05, 0) is 44.1 Å². The van der Waals surface area contributed by atoms with Crippen molar-refractivity contribution in [3.8, 4) is 0 Å². The molecule has 5 heteroatoms. The van der Waals surface area contributed by atoms with Crippen LogP contribution in [-0.2, 0) is 9.59 Å². The number of carboxylic acids is 1. The minimum Gasteiger partial charge on any atom is -0.481 e. The van der Waals surface area contributed by atoms with E-state index in [9.17, 15) is 9.59 Å². The molecule has 3 N–H and O–H groups in total. The Balaban J connectivity index is 2.04. The van der Waals surface area contributed by atoms with Gasteiger partial charge < -0.3 is 15.7 Å². The number of amides is 1. The summed E-state index contributed by atoms with van der Waals surface area (Å²) in [6.45, 7) is 4.09. The highest BCUT2D eigenvalue weighted by Gasteiger charge is 2.20. The molecule has 0 aromatic heterocycles. The van der Waals surface area contributed by atoms with Crippen molar-refractivity contribution in [2.45, 2.75) is 51.9 Å². The van der Waals surface area contributed by atoms with Crippen molar-refractivity contribution in [2.75, 3.05) is 19.6 Å². The van der Waals surface area contributed by atoms with E-state index in [0.29, 0.717) is 25.4 Å². The average Bonchev–Trinajstić information content (AvgIpc) is 3.20. The molecule has 20 heavy (non-hydrogen) atoms. The van der Waals surface area contributed by atoms with Crippen LogP contribution in [0.15, 0.2) is 0 Å². The number of carbonyl (C=O) groups excluding carboxylic acids is 1. The van der Waals surface area contributed by atoms with Gasteiger partial charge >= 0.3 is 5.97 Å². The molecule has 1 amide bonds. The first kappa shape index (κ1) is 17.0. The fraction of sp³-hybridized carbons (Fsp3) is 0.867. The van der Waals surface area contributed by atoms with Crippen LogP contribution in [0.4, 0.5) is 0 Å². The molecule has 1 rings (SSSR count). The molecule has 1 saturated carbocycles. The lowest BCUT2D eigenvalue weighted by molar-refractivity contribution is -0.137. The number of hydrogen-bond acceptors (Lipinski definition) is 3. The van der Waals surface area contributed by atoms with Gasteiger partial charge in [-0.15, -0.1) is 0 Å². The lowest BCUT2D eigenvalue weighted by atomic mass is 9.94. The largest absolute Gasteiger partial charge is 0.481 e. The molecule has 0 radical (unpaired) electrons. The van der Waals surface area contributed by atoms with Gasteiger partial charge in [-0.3, -0.25) is 9.59 Å². The van der Waals surface area contributed by atoms with Crippen molar-refractivity contribution in [3.63, 3.8) is 0 Å². The van der Waals surface area contributed by atoms with Crippen molar-refractivity contribution in [1.29, 1.82) is 0 Å². The Kier molecular flexibility index (Phi) is 8.26. The smallest absolute Gasteiger partial charge is 0.303 e. The van der Waals surface area contributed by atoms with Crippen LogP contribution in [0.3, 0.4) is 0 Å². The number of nitrogens with one attached hydrogen (secondary N) is 2. The van der Waals surface area contributed by atoms with Gasteiger partial charge in [0.05, 0.1) is 6.54 Å². The van der Waals surface area contributed by atoms with Crippen LogP contribution in [0.1, 0.15) is 51.9 Å². The van der Waals surface area contributed by atoms with Gasteiger partial charge in [0.25, 0.3) is 0 Å². The first-order chi connectivity index (χ1) is 9.61. The van der Waals surface area contributed by atoms with Crippen LogP contribution in [0, 0.1) is 11.8 Å². The van der Waals surface area contributed by atoms with Gasteiger partial charge in [-0.25, -0.2) is 0 Å². The second-order valence-electron chi connectivity index (χ2n) is 5.80. The highest BCUT2D eigenvalue weighted by atomic mass is 16.4. The maximum absolute atomic E-state index is 11.6. The minimum atomic E-state index is -0.737. The molecule has 0 bridgehead atoms. The molecule has 0 heterocycles. The molecule has 0 saturated heterocycles. The molecule has 0 aliphatic heterocycles. The third kappa shape index (κ3) is 8.91. The maximum Gasteiger partial charge on any atom is 0.303 e. The topological polar surface area (TPSA) is 78.4 Å². The molecule has 1 fully saturated rings. The van der Waals surface area contributed by atoms with E-state index >= 15 is 0 Å². The summed E-state index contributed by atoms with van der Waals surface area (Å²) in [5.41, 5.74) is 0. The molecule has 1 unspecified atom stereocenters. The van der Waals surface area contributed by atoms with E-state index in [4.69, 9.17) is 5.11 Å². The van der Waals surface area contributed by atoms with E-state index in [0.717, 1.165) is 31.7 Å². The van der Waals surface area contributed by atoms with Crippen LogP contribution in [0.5, 0.6) is 0 Å². The van der Waals surface area contributed by atoms with Gasteiger partial charge in [0.15, 0.2) is 0 Å². The van der Waals surface area contributed by atoms with Crippen molar-refractivity contribution in [2.24, 2.45) is 11.8 Å². The van der Waals surface area contributed by atoms with Crippen LogP contribution in [0.2, 0.25) is 0 Å². The third-order valence-electron chi connectivity index (χ3n) is 3.75. The number of hydrogen-bond donors (Lipinski definition) is 3. The Labute approximate surface area is 121 Å². The third-order valence-corrected chi connectivity index (χ3v) is 3.75. The van der Waals surface area contributed by atoms with Crippen LogP contribution in [-0.4, -0.2) is 36.6 Å². The fourth-order valence-electron chi connectivity index (χ4n) is 2.36. The van der Waals surface area contributed by atoms with E-state index in [1.165, 1.54) is 12.8 Å². The number of carboxylic acid groups (broad SMARTS) is 1. The summed E-state index contributed by atoms with van der Waals surface area (Å²) in [7, 11) is 0. The zero-order valence-electron chi connectivity index (χ0n) is 12.5. The Hall–Kier alpha value is -1.10. The van der Waals surface area contributed by atoms with Crippen LogP contribution < -0.4 is 10.6 Å². The summed E-state index contributed by atoms with van der Waals surface area (Å²) in [4.78, 5) is 22.2. The predicted octanol–water partition coefficient (Wildman–Crippen LogP) is 1.77. The summed E-state index contributed by atoms with van der Waals surface area (Å²) in [5, 5.41) is 14.8. The quantitative estimate of drug-likeness (QED) is 0.510. The number of carbonyl (C=O) groups is 2. The molecule has 1 aliphatic carbocycles. The van der Waals surface area contributed by atoms with Gasteiger partial charge in [0.2, 0.25) is 5.91 Å². The molecule has 1 aliphatic rings. The molecular formula is C15H28N2O3. The zero-order valence-corrected chi connectivity index (χ0v) is 12.5. The van der Waals surface area contributed by atoms with E-state index in [-0.39, 0.29) is 12.3 Å². The highest BCUT2D eigenvalue weighted by Crippen LogP contribution is 2.27. The second kappa shape index (κ2) is 9.75. The van der Waals surface area contributed by atoms with Crippen molar-refractivity contribution < 1.29 is 14.7 Å². The average molecular weight is 284 g/mol. The monoisotopic (exact) mass is 284 g/mol. The summed E-state index contributed by atoms with van der Waals surface area (Å²) in [5.74, 6) is 0.488. The summed E-state index contributed by atoms with van der Waals surface area (Å²) < 4.78 is 0. The molecule has 0 spiro atoms. The Bertz CT molecular complexity index is 303. The van der Waals surface area contributed by atoms with Crippen molar-refractivity contribution in [3.05, 3.63) is 0 Å². The summed E-state index contributed by atoms with van der Waals surface area (Å²) in [6, 6.07) is 0. The van der Waals surface area contributed by atoms with Gasteiger partial charge in [-0.2, -0.15) is 0 Å². The Morgan fingerprint density at radius 3 is 2.60 bits per heavy atom. The normalized spacial score (nSPS) is 15.8. The molecule has 0 aromatic carbocycles. The molecular weight excluding hydrogens is 256 g/mol. The zero-order chi connectivity index (χ0) is 14.8. The minimum absolute atomic E-state index is 0.0409. The SMILES string of the molecule is CCCC(CCNC(=O)CNCC1CC1)CCC(=O)O. The highest BCUT2D eigenvalue weighted by molar-refractivity contribution is 5.77. The van der Waals surface area contributed by atoms with E-state index in [2.05, 4.69) is 17.6 Å². The summed E-state index contributed by atoms with van der Waals surface area (Å²) >= 11 is 0. The van der Waals surface area contributed by atoms with Crippen molar-refractivity contribution >= 4 is 11.9 Å². The van der Waals surface area contributed by atoms with Gasteiger partial charge in [0, 0.05) is 13.0 Å². The van der Waals surface area contributed by atoms with E-state index in [1.54, 1.807) is 0 Å². The molecule has 5 nitrogen and oxygen atoms in total. The molecule has 0 aromatic rings. The van der Waals surface area contributed by atoms with Gasteiger partial charge in [-0.1, -0.05) is 19.8 Å². The van der Waals surface area contributed by atoms with E-state index in [1.807, 2.05) is 0 Å². The number of aliphatic carboxylic acids is 1. The van der Waals surface area contributed by atoms with Gasteiger partial charge in [0.1, 0.15) is 0 Å². The first-order valence-corrected chi connectivity index (χ1v) is 7.81. The van der Waals surface area contributed by atoms with Crippen LogP contribution in [0.25, 0.3) is 0 Å². The standard InChI is InChI=1S/C15H28N2O3/c1-2-3-12(6-7-15(19)20)8-9-17-14(18)11-16-10-13-4-5-13/h12-13,16H,2-11H2,1H3,(H,17,18)(H,19,20). The lowest BCUT2D eigenvalue weighted by Crippen LogP contribution is -2.35. The molecule has 116 valence electrons. The maximum atomic E-state index is 11.6.